The monoisotopic (exact) mass is 214 g/mol. The molecule has 1 amide bonds. The number of carbonyl (C=O) groups is 1. The predicted octanol–water partition coefficient (Wildman–Crippen LogP) is -0.544. The van der Waals surface area contributed by atoms with Crippen LogP contribution in [-0.2, 0) is 0 Å². The number of hydrogen-bond donors (Lipinski definition) is 3. The van der Waals surface area contributed by atoms with Gasteiger partial charge >= 0.3 is 0 Å². The number of aliphatic hydroxyl groups excluding tert-OH is 1. The van der Waals surface area contributed by atoms with Gasteiger partial charge < -0.3 is 20.1 Å². The second kappa shape index (κ2) is 4.41. The Morgan fingerprint density at radius 3 is 2.87 bits per heavy atom. The van der Waals surface area contributed by atoms with Gasteiger partial charge in [-0.05, 0) is 13.8 Å². The number of rotatable bonds is 4. The van der Waals surface area contributed by atoms with Crippen LogP contribution in [0.2, 0.25) is 0 Å². The first-order valence-electron chi connectivity index (χ1n) is 4.49. The van der Waals surface area contributed by atoms with Crippen LogP contribution >= 0.6 is 0 Å². The summed E-state index contributed by atoms with van der Waals surface area (Å²) in [5.74, 6) is 0.0923. The second-order valence-electron chi connectivity index (χ2n) is 3.66. The van der Waals surface area contributed by atoms with Crippen molar-refractivity contribution in [1.82, 2.24) is 10.5 Å². The fourth-order valence-electron chi connectivity index (χ4n) is 0.891. The second-order valence-corrected chi connectivity index (χ2v) is 3.66. The van der Waals surface area contributed by atoms with Crippen LogP contribution in [0, 0.1) is 6.92 Å². The molecule has 0 radical (unpaired) electrons. The summed E-state index contributed by atoms with van der Waals surface area (Å²) in [7, 11) is 0. The van der Waals surface area contributed by atoms with E-state index in [0.717, 1.165) is 0 Å². The molecule has 0 aliphatic carbocycles. The summed E-state index contributed by atoms with van der Waals surface area (Å²) in [6.07, 6.45) is 0. The Morgan fingerprint density at radius 2 is 2.40 bits per heavy atom. The third-order valence-electron chi connectivity index (χ3n) is 1.83. The van der Waals surface area contributed by atoms with Crippen LogP contribution in [0.3, 0.4) is 0 Å². The van der Waals surface area contributed by atoms with Gasteiger partial charge in [-0.3, -0.25) is 4.79 Å². The predicted molar refractivity (Wildman–Crippen MR) is 51.3 cm³/mol. The molecule has 0 saturated carbocycles. The highest BCUT2D eigenvalue weighted by molar-refractivity contribution is 5.92. The number of nitrogens with one attached hydrogen (secondary N) is 1. The largest absolute Gasteiger partial charge is 0.393 e. The zero-order valence-corrected chi connectivity index (χ0v) is 8.65. The Bertz CT molecular complexity index is 346. The van der Waals surface area contributed by atoms with Gasteiger partial charge in [-0.25, -0.2) is 0 Å². The molecule has 0 aliphatic rings. The van der Waals surface area contributed by atoms with Crippen LogP contribution in [0.15, 0.2) is 10.6 Å². The molecule has 0 bridgehead atoms. The summed E-state index contributed by atoms with van der Waals surface area (Å²) >= 11 is 0. The summed E-state index contributed by atoms with van der Waals surface area (Å²) in [5.41, 5.74) is -1.17. The molecule has 0 aliphatic heterocycles. The number of hydrogen-bond acceptors (Lipinski definition) is 5. The number of nitrogens with zero attached hydrogens (tertiary/aromatic N) is 1. The third kappa shape index (κ3) is 3.34. The van der Waals surface area contributed by atoms with Gasteiger partial charge in [0, 0.05) is 12.6 Å². The van der Waals surface area contributed by atoms with Gasteiger partial charge in [-0.1, -0.05) is 5.16 Å². The summed E-state index contributed by atoms with van der Waals surface area (Å²) in [6, 6.07) is 1.49. The minimum absolute atomic E-state index is 0.0474. The van der Waals surface area contributed by atoms with Crippen molar-refractivity contribution in [3.63, 3.8) is 0 Å². The molecule has 0 spiro atoms. The van der Waals surface area contributed by atoms with E-state index in [4.69, 9.17) is 9.63 Å². The van der Waals surface area contributed by atoms with Crippen molar-refractivity contribution in [2.75, 3.05) is 13.2 Å². The zero-order chi connectivity index (χ0) is 11.5. The van der Waals surface area contributed by atoms with Crippen molar-refractivity contribution in [3.05, 3.63) is 17.5 Å². The Kier molecular flexibility index (Phi) is 3.43. The lowest BCUT2D eigenvalue weighted by Gasteiger charge is -2.19. The van der Waals surface area contributed by atoms with E-state index in [0.29, 0.717) is 5.76 Å². The van der Waals surface area contributed by atoms with Crippen molar-refractivity contribution >= 4 is 5.91 Å². The highest BCUT2D eigenvalue weighted by Gasteiger charge is 2.21. The van der Waals surface area contributed by atoms with E-state index in [2.05, 4.69) is 10.5 Å². The van der Waals surface area contributed by atoms with E-state index in [9.17, 15) is 9.90 Å². The average Bonchev–Trinajstić information content (AvgIpc) is 2.61. The maximum absolute atomic E-state index is 11.4. The van der Waals surface area contributed by atoms with Crippen molar-refractivity contribution in [2.45, 2.75) is 19.4 Å². The fraction of sp³-hybridized carbons (Fsp3) is 0.556. The van der Waals surface area contributed by atoms with E-state index < -0.39 is 18.1 Å². The van der Waals surface area contributed by atoms with Gasteiger partial charge in [0.25, 0.3) is 5.91 Å². The summed E-state index contributed by atoms with van der Waals surface area (Å²) in [5, 5.41) is 24.1. The van der Waals surface area contributed by atoms with Crippen molar-refractivity contribution in [1.29, 1.82) is 0 Å². The number of aryl methyl sites for hydroxylation is 1. The van der Waals surface area contributed by atoms with E-state index in [1.165, 1.54) is 13.0 Å². The molecule has 0 saturated heterocycles. The molecular formula is C9H14N2O4. The molecule has 0 fully saturated rings. The lowest BCUT2D eigenvalue weighted by Crippen LogP contribution is -2.43. The quantitative estimate of drug-likeness (QED) is 0.625. The minimum atomic E-state index is -1.32. The molecule has 6 heteroatoms. The minimum Gasteiger partial charge on any atom is -0.393 e. The van der Waals surface area contributed by atoms with Crippen molar-refractivity contribution in [2.24, 2.45) is 0 Å². The summed E-state index contributed by atoms with van der Waals surface area (Å²) in [6.45, 7) is 2.62. The SMILES string of the molecule is Cc1cc(C(=O)NCC(C)(O)CO)no1. The first-order chi connectivity index (χ1) is 6.94. The number of carbonyl (C=O) groups excluding carboxylic acids is 1. The number of aromatic nitrogens is 1. The topological polar surface area (TPSA) is 95.6 Å². The van der Waals surface area contributed by atoms with E-state index in [1.54, 1.807) is 6.92 Å². The first-order valence-corrected chi connectivity index (χ1v) is 4.49. The molecule has 84 valence electrons. The van der Waals surface area contributed by atoms with Gasteiger partial charge in [-0.15, -0.1) is 0 Å². The number of amides is 1. The van der Waals surface area contributed by atoms with E-state index in [1.807, 2.05) is 0 Å². The van der Waals surface area contributed by atoms with Crippen LogP contribution in [0.25, 0.3) is 0 Å². The van der Waals surface area contributed by atoms with Gasteiger partial charge in [0.2, 0.25) is 0 Å². The highest BCUT2D eigenvalue weighted by atomic mass is 16.5. The van der Waals surface area contributed by atoms with Crippen LogP contribution in [0.4, 0.5) is 0 Å². The molecule has 1 unspecified atom stereocenters. The Balaban J connectivity index is 2.50. The maximum Gasteiger partial charge on any atom is 0.273 e. The van der Waals surface area contributed by atoms with Crippen molar-refractivity contribution < 1.29 is 19.5 Å². The molecule has 1 atom stereocenters. The smallest absolute Gasteiger partial charge is 0.273 e. The highest BCUT2D eigenvalue weighted by Crippen LogP contribution is 2.03. The molecule has 6 nitrogen and oxygen atoms in total. The van der Waals surface area contributed by atoms with E-state index >= 15 is 0 Å². The maximum atomic E-state index is 11.4. The molecular weight excluding hydrogens is 200 g/mol. The molecule has 1 aromatic rings. The van der Waals surface area contributed by atoms with Gasteiger partial charge in [0.1, 0.15) is 11.4 Å². The molecule has 0 aromatic carbocycles. The lowest BCUT2D eigenvalue weighted by atomic mass is 10.1. The fourth-order valence-corrected chi connectivity index (χ4v) is 0.891. The molecule has 15 heavy (non-hydrogen) atoms. The Hall–Kier alpha value is -1.40. The number of aliphatic hydroxyl groups is 2. The van der Waals surface area contributed by atoms with Crippen LogP contribution in [-0.4, -0.2) is 40.0 Å². The van der Waals surface area contributed by atoms with Crippen LogP contribution < -0.4 is 5.32 Å². The average molecular weight is 214 g/mol. The lowest BCUT2D eigenvalue weighted by molar-refractivity contribution is 0.00313. The standard InChI is InChI=1S/C9H14N2O4/c1-6-3-7(11-15-6)8(13)10-4-9(2,14)5-12/h3,12,14H,4-5H2,1-2H3,(H,10,13). The molecule has 3 N–H and O–H groups in total. The zero-order valence-electron chi connectivity index (χ0n) is 8.65. The molecule has 1 heterocycles. The van der Waals surface area contributed by atoms with Gasteiger partial charge in [0.15, 0.2) is 5.69 Å². The van der Waals surface area contributed by atoms with Gasteiger partial charge in [0.05, 0.1) is 6.61 Å². The van der Waals surface area contributed by atoms with Gasteiger partial charge in [-0.2, -0.15) is 0 Å². The first kappa shape index (κ1) is 11.7. The molecule has 1 aromatic heterocycles. The van der Waals surface area contributed by atoms with Crippen LogP contribution in [0.1, 0.15) is 23.2 Å². The molecule has 1 rings (SSSR count). The summed E-state index contributed by atoms with van der Waals surface area (Å²) in [4.78, 5) is 11.4. The Morgan fingerprint density at radius 1 is 1.73 bits per heavy atom. The Labute approximate surface area is 86.9 Å². The van der Waals surface area contributed by atoms with E-state index in [-0.39, 0.29) is 12.2 Å². The normalized spacial score (nSPS) is 14.7. The summed E-state index contributed by atoms with van der Waals surface area (Å²) < 4.78 is 4.72. The van der Waals surface area contributed by atoms with Crippen molar-refractivity contribution in [3.8, 4) is 0 Å². The third-order valence-corrected chi connectivity index (χ3v) is 1.83. The van der Waals surface area contributed by atoms with Crippen LogP contribution in [0.5, 0.6) is 0 Å².